The lowest BCUT2D eigenvalue weighted by atomic mass is 9.83. The number of hydrogen-bond donors (Lipinski definition) is 4. The summed E-state index contributed by atoms with van der Waals surface area (Å²) in [7, 11) is 18.9. The van der Waals surface area contributed by atoms with Gasteiger partial charge in [0.15, 0.2) is 23.0 Å². The molecule has 0 saturated carbocycles. The summed E-state index contributed by atoms with van der Waals surface area (Å²) >= 11 is 0. The van der Waals surface area contributed by atoms with E-state index in [1.54, 1.807) is 28.4 Å². The number of unbranched alkanes of at least 4 members (excludes halogenated alkanes) is 2. The smallest absolute Gasteiger partial charge is 0.308 e. The lowest BCUT2D eigenvalue weighted by Crippen LogP contribution is -2.45. The maximum absolute atomic E-state index is 14.0. The number of carboxylic acids is 4. The first-order valence-corrected chi connectivity index (χ1v) is 34.8. The summed E-state index contributed by atoms with van der Waals surface area (Å²) in [5, 5.41) is 38.9. The first-order chi connectivity index (χ1) is 47.7. The van der Waals surface area contributed by atoms with E-state index in [1.807, 2.05) is 150 Å². The van der Waals surface area contributed by atoms with Crippen molar-refractivity contribution < 1.29 is 86.8 Å². The molecule has 0 aromatic heterocycles. The van der Waals surface area contributed by atoms with Gasteiger partial charge in [0.05, 0.1) is 86.3 Å². The van der Waals surface area contributed by atoms with Crippen molar-refractivity contribution in [2.24, 2.45) is 23.7 Å². The van der Waals surface area contributed by atoms with Gasteiger partial charge in [0.25, 0.3) is 0 Å². The van der Waals surface area contributed by atoms with Crippen molar-refractivity contribution in [1.29, 1.82) is 0 Å². The molecule has 6 aliphatic rings. The van der Waals surface area contributed by atoms with Gasteiger partial charge in [0, 0.05) is 87.1 Å². The van der Waals surface area contributed by atoms with Gasteiger partial charge in [-0.05, 0) is 156 Å². The molecule has 23 heteroatoms. The fraction of sp³-hybridized carbons (Fsp3) is 0.545. The zero-order valence-corrected chi connectivity index (χ0v) is 60.8. The second-order valence-electron chi connectivity index (χ2n) is 28.3. The number of para-hydroxylation sites is 1. The van der Waals surface area contributed by atoms with E-state index in [0.29, 0.717) is 61.2 Å². The van der Waals surface area contributed by atoms with Crippen LogP contribution < -0.4 is 37.9 Å². The van der Waals surface area contributed by atoms with Crippen molar-refractivity contribution in [3.05, 3.63) is 131 Å². The summed E-state index contributed by atoms with van der Waals surface area (Å²) in [6, 6.07) is 32.4. The number of fused-ring (bicyclic) bond motifs is 2. The van der Waals surface area contributed by atoms with Gasteiger partial charge >= 0.3 is 23.9 Å². The number of ether oxygens (including phenoxy) is 8. The van der Waals surface area contributed by atoms with Gasteiger partial charge in [-0.15, -0.1) is 0 Å². The SMILES string of the molecule is CCCCN(CCCC[N+](C)(C)C)C(=O)CN1C[C@H](c2cc(OC)c3c(c2)OCO3)[C@@H](C(=O)O)[C@@H]1CCc1cccc2c1OCO2.COc1ccc([C@H]2CN(C)[C@@H](C)[C@@H]2C(=O)O)cc1.COc1ccc([C@H]2CN(C)[C@@H](C)[C@@H]2C(=O)O)cc1.COc1ccc([C@H]2CN(C)[C@@H](C)[C@@H]2C(=O)O)cc1. The Bertz CT molecular complexity index is 3320. The number of methoxy groups -OCH3 is 4. The Hall–Kier alpha value is -8.35. The van der Waals surface area contributed by atoms with Gasteiger partial charge in [0.1, 0.15) is 17.2 Å². The van der Waals surface area contributed by atoms with Crippen LogP contribution in [0.15, 0.2) is 103 Å². The maximum Gasteiger partial charge on any atom is 0.308 e. The monoisotopic (exact) mass is 1390 g/mol. The van der Waals surface area contributed by atoms with E-state index < -0.39 is 29.8 Å². The summed E-state index contributed by atoms with van der Waals surface area (Å²) in [4.78, 5) is 71.7. The summed E-state index contributed by atoms with van der Waals surface area (Å²) in [6.07, 6.45) is 5.04. The van der Waals surface area contributed by atoms with E-state index in [2.05, 4.69) is 47.7 Å². The number of aliphatic carboxylic acids is 4. The molecule has 1 amide bonds. The third-order valence-electron chi connectivity index (χ3n) is 21.2. The number of carbonyl (C=O) groups is 5. The van der Waals surface area contributed by atoms with Crippen LogP contribution in [0.4, 0.5) is 0 Å². The minimum atomic E-state index is -0.886. The molecule has 6 heterocycles. The molecule has 4 saturated heterocycles. The van der Waals surface area contributed by atoms with Gasteiger partial charge in [0.2, 0.25) is 25.2 Å². The fourth-order valence-electron chi connectivity index (χ4n) is 15.1. The minimum absolute atomic E-state index is 0.0495. The molecular weight excluding hydrogens is 1280 g/mol. The molecule has 0 unspecified atom stereocenters. The highest BCUT2D eigenvalue weighted by Gasteiger charge is 2.49. The van der Waals surface area contributed by atoms with E-state index >= 15 is 0 Å². The molecule has 12 atom stereocenters. The van der Waals surface area contributed by atoms with Gasteiger partial charge in [-0.25, -0.2) is 0 Å². The van der Waals surface area contributed by atoms with Crippen LogP contribution in [0.25, 0.3) is 0 Å². The Morgan fingerprint density at radius 1 is 0.510 bits per heavy atom. The molecule has 0 radical (unpaired) electrons. The molecular formula is C77H107N6O17+. The number of aryl methyl sites for hydroxylation is 1. The van der Waals surface area contributed by atoms with Crippen molar-refractivity contribution in [2.75, 3.05) is 137 Å². The van der Waals surface area contributed by atoms with Crippen molar-refractivity contribution in [1.82, 2.24) is 24.5 Å². The molecule has 0 bridgehead atoms. The zero-order valence-electron chi connectivity index (χ0n) is 60.8. The largest absolute Gasteiger partial charge is 0.497 e. The Morgan fingerprint density at radius 2 is 0.940 bits per heavy atom. The summed E-state index contributed by atoms with van der Waals surface area (Å²) in [5.41, 5.74) is 4.98. The zero-order chi connectivity index (χ0) is 72.7. The minimum Gasteiger partial charge on any atom is -0.497 e. The number of benzene rings is 5. The van der Waals surface area contributed by atoms with Crippen LogP contribution in [-0.4, -0.2) is 240 Å². The van der Waals surface area contributed by atoms with E-state index in [0.717, 1.165) is 101 Å². The van der Waals surface area contributed by atoms with E-state index in [9.17, 15) is 44.4 Å². The summed E-state index contributed by atoms with van der Waals surface area (Å²) in [5.74, 6) is 0.387. The number of likely N-dealkylation sites (tertiary alicyclic amines) is 4. The van der Waals surface area contributed by atoms with Crippen LogP contribution in [-0.2, 0) is 30.4 Å². The Labute approximate surface area is 589 Å². The topological polar surface area (TPSA) is 256 Å². The predicted octanol–water partition coefficient (Wildman–Crippen LogP) is 9.81. The third-order valence-corrected chi connectivity index (χ3v) is 21.2. The number of hydrogen-bond acceptors (Lipinski definition) is 17. The maximum atomic E-state index is 14.0. The van der Waals surface area contributed by atoms with Gasteiger partial charge < -0.3 is 82.4 Å². The number of likely N-dealkylation sites (N-methyl/N-ethyl adjacent to an activating group) is 3. The fourth-order valence-corrected chi connectivity index (χ4v) is 15.1. The van der Waals surface area contributed by atoms with Gasteiger partial charge in [-0.2, -0.15) is 0 Å². The molecule has 5 aromatic carbocycles. The van der Waals surface area contributed by atoms with Crippen LogP contribution in [0.5, 0.6) is 46.0 Å². The van der Waals surface area contributed by atoms with Crippen LogP contribution in [0.2, 0.25) is 0 Å². The highest BCUT2D eigenvalue weighted by atomic mass is 16.7. The number of carbonyl (C=O) groups excluding carboxylic acids is 1. The third kappa shape index (κ3) is 19.0. The Kier molecular flexibility index (Phi) is 27.3. The van der Waals surface area contributed by atoms with Crippen molar-refractivity contribution >= 4 is 29.8 Å². The van der Waals surface area contributed by atoms with Crippen LogP contribution in [0.1, 0.15) is 111 Å². The average Bonchev–Trinajstić information content (AvgIpc) is 1.62. The van der Waals surface area contributed by atoms with E-state index in [4.69, 9.17) is 37.9 Å². The summed E-state index contributed by atoms with van der Waals surface area (Å²) in [6.45, 7) is 13.7. The second kappa shape index (κ2) is 35.3. The predicted molar refractivity (Wildman–Crippen MR) is 380 cm³/mol. The average molecular weight is 1390 g/mol. The normalized spacial score (nSPS) is 24.6. The molecule has 6 aliphatic heterocycles. The molecule has 23 nitrogen and oxygen atoms in total. The molecule has 0 aliphatic carbocycles. The van der Waals surface area contributed by atoms with E-state index in [1.165, 1.54) is 0 Å². The second-order valence-corrected chi connectivity index (χ2v) is 28.3. The van der Waals surface area contributed by atoms with E-state index in [-0.39, 0.29) is 91.6 Å². The molecule has 546 valence electrons. The van der Waals surface area contributed by atoms with Crippen molar-refractivity contribution in [2.45, 2.75) is 114 Å². The number of amides is 1. The number of carboxylic acid groups (broad SMARTS) is 4. The first-order valence-electron chi connectivity index (χ1n) is 34.8. The first kappa shape index (κ1) is 77.4. The lowest BCUT2D eigenvalue weighted by molar-refractivity contribution is -0.870. The molecule has 0 spiro atoms. The number of quaternary nitrogens is 1. The van der Waals surface area contributed by atoms with Crippen LogP contribution >= 0.6 is 0 Å². The van der Waals surface area contributed by atoms with Crippen LogP contribution in [0.3, 0.4) is 0 Å². The Balaban J connectivity index is 0.000000193. The highest BCUT2D eigenvalue weighted by Crippen LogP contribution is 2.48. The summed E-state index contributed by atoms with van der Waals surface area (Å²) < 4.78 is 44.5. The van der Waals surface area contributed by atoms with Crippen LogP contribution in [0, 0.1) is 23.7 Å². The molecule has 11 rings (SSSR count). The molecule has 5 aromatic rings. The molecule has 4 fully saturated rings. The molecule has 100 heavy (non-hydrogen) atoms. The number of nitrogens with zero attached hydrogens (tertiary/aromatic N) is 6. The van der Waals surface area contributed by atoms with Gasteiger partial charge in [-0.1, -0.05) is 61.9 Å². The Morgan fingerprint density at radius 3 is 1.36 bits per heavy atom. The lowest BCUT2D eigenvalue weighted by Gasteiger charge is -2.30. The van der Waals surface area contributed by atoms with Gasteiger partial charge in [-0.3, -0.25) is 28.9 Å². The van der Waals surface area contributed by atoms with Crippen molar-refractivity contribution in [3.63, 3.8) is 0 Å². The number of rotatable bonds is 25. The quantitative estimate of drug-likeness (QED) is 0.0313. The standard InChI is InChI=1S/C35H49N3O8.3C14H19NO3/c1-6-7-15-36(16-8-9-17-38(2,3)4)31(39)21-37-20-26(25-18-29(42-5)34-30(19-25)44-23-46-34)32(35(40)41)27(37)14-13-24-11-10-12-28-33(24)45-22-43-28;3*1-9-13(14(16)17)12(8-15(9)2)10-4-6-11(18-3)7-5-10/h10-12,18-19,26-27,32H,6-9,13-17,20-23H2,1-5H3;3*4-7,9,12-13H,8H2,1-3H3,(H,16,17)/p+1/t26-,27+,32-;3*9-,12+,13-/m1000/s1. The van der Waals surface area contributed by atoms with Crippen molar-refractivity contribution in [3.8, 4) is 46.0 Å². The highest BCUT2D eigenvalue weighted by molar-refractivity contribution is 5.79. The molecule has 4 N–H and O–H groups in total.